The van der Waals surface area contributed by atoms with Crippen molar-refractivity contribution in [3.8, 4) is 10.4 Å². The molecule has 1 aliphatic heterocycles. The number of hydrogen-bond acceptors (Lipinski definition) is 3. The number of nitrogens with zero attached hydrogens (tertiary/aromatic N) is 2. The van der Waals surface area contributed by atoms with Crippen molar-refractivity contribution in [3.05, 3.63) is 41.8 Å². The average Bonchev–Trinajstić information content (AvgIpc) is 2.90. The zero-order valence-electron chi connectivity index (χ0n) is 10.7. The molecule has 1 fully saturated rings. The van der Waals surface area contributed by atoms with Crippen molar-refractivity contribution in [1.29, 1.82) is 0 Å². The van der Waals surface area contributed by atoms with Crippen molar-refractivity contribution in [2.24, 2.45) is 0 Å². The molecular weight excluding hydrogens is 240 g/mol. The summed E-state index contributed by atoms with van der Waals surface area (Å²) >= 11 is 1.84. The Balaban J connectivity index is 1.78. The number of likely N-dealkylation sites (N-methyl/N-ethyl adjacent to an activating group) is 1. The van der Waals surface area contributed by atoms with Crippen molar-refractivity contribution >= 4 is 17.0 Å². The molecule has 0 amide bonds. The maximum absolute atomic E-state index is 2.49. The SMILES string of the molecule is CN1CCN(c2csc(-c3ccccc3)c2)CC1. The molecule has 2 nitrogen and oxygen atoms in total. The Labute approximate surface area is 112 Å². The van der Waals surface area contributed by atoms with Gasteiger partial charge in [0.2, 0.25) is 0 Å². The van der Waals surface area contributed by atoms with E-state index in [4.69, 9.17) is 0 Å². The summed E-state index contributed by atoms with van der Waals surface area (Å²) in [6.07, 6.45) is 0. The second kappa shape index (κ2) is 5.12. The van der Waals surface area contributed by atoms with E-state index in [1.54, 1.807) is 0 Å². The standard InChI is InChI=1S/C15H18N2S/c1-16-7-9-17(10-8-16)14-11-15(18-12-14)13-5-3-2-4-6-13/h2-6,11-12H,7-10H2,1H3. The lowest BCUT2D eigenvalue weighted by Crippen LogP contribution is -2.44. The molecule has 1 aromatic heterocycles. The molecule has 1 aromatic carbocycles. The highest BCUT2D eigenvalue weighted by atomic mass is 32.1. The van der Waals surface area contributed by atoms with Gasteiger partial charge in [-0.3, -0.25) is 0 Å². The number of rotatable bonds is 2. The van der Waals surface area contributed by atoms with Gasteiger partial charge in [0.05, 0.1) is 0 Å². The van der Waals surface area contributed by atoms with E-state index in [1.807, 2.05) is 11.3 Å². The fourth-order valence-corrected chi connectivity index (χ4v) is 3.24. The van der Waals surface area contributed by atoms with E-state index < -0.39 is 0 Å². The van der Waals surface area contributed by atoms with Gasteiger partial charge >= 0.3 is 0 Å². The third-order valence-corrected chi connectivity index (χ3v) is 4.48. The maximum atomic E-state index is 2.49. The van der Waals surface area contributed by atoms with Crippen molar-refractivity contribution in [1.82, 2.24) is 4.90 Å². The highest BCUT2D eigenvalue weighted by Gasteiger charge is 2.15. The molecule has 2 heterocycles. The second-order valence-electron chi connectivity index (χ2n) is 4.83. The first kappa shape index (κ1) is 11.8. The van der Waals surface area contributed by atoms with E-state index >= 15 is 0 Å². The Morgan fingerprint density at radius 2 is 1.72 bits per heavy atom. The Kier molecular flexibility index (Phi) is 3.35. The minimum atomic E-state index is 1.14. The molecule has 0 N–H and O–H groups in total. The molecule has 3 heteroatoms. The lowest BCUT2D eigenvalue weighted by atomic mass is 10.2. The number of piperazine rings is 1. The van der Waals surface area contributed by atoms with Crippen LogP contribution in [0.25, 0.3) is 10.4 Å². The molecule has 1 saturated heterocycles. The van der Waals surface area contributed by atoms with Crippen molar-refractivity contribution in [3.63, 3.8) is 0 Å². The van der Waals surface area contributed by atoms with Crippen LogP contribution in [-0.4, -0.2) is 38.1 Å². The molecule has 0 aliphatic carbocycles. The first-order valence-electron chi connectivity index (χ1n) is 6.40. The minimum absolute atomic E-state index is 1.14. The Morgan fingerprint density at radius 1 is 1.00 bits per heavy atom. The zero-order valence-corrected chi connectivity index (χ0v) is 11.5. The molecule has 0 radical (unpaired) electrons. The van der Waals surface area contributed by atoms with E-state index in [9.17, 15) is 0 Å². The summed E-state index contributed by atoms with van der Waals surface area (Å²) in [7, 11) is 2.19. The van der Waals surface area contributed by atoms with Crippen LogP contribution in [0.2, 0.25) is 0 Å². The van der Waals surface area contributed by atoms with Crippen LogP contribution in [0.3, 0.4) is 0 Å². The first-order chi connectivity index (χ1) is 8.83. The Bertz CT molecular complexity index is 498. The maximum Gasteiger partial charge on any atom is 0.0482 e. The molecule has 0 spiro atoms. The van der Waals surface area contributed by atoms with Crippen molar-refractivity contribution in [2.75, 3.05) is 38.1 Å². The van der Waals surface area contributed by atoms with Gasteiger partial charge in [0.25, 0.3) is 0 Å². The molecule has 94 valence electrons. The smallest absolute Gasteiger partial charge is 0.0482 e. The molecular formula is C15H18N2S. The quantitative estimate of drug-likeness (QED) is 0.816. The van der Waals surface area contributed by atoms with E-state index in [0.29, 0.717) is 0 Å². The van der Waals surface area contributed by atoms with Crippen LogP contribution in [-0.2, 0) is 0 Å². The summed E-state index contributed by atoms with van der Waals surface area (Å²) < 4.78 is 0. The van der Waals surface area contributed by atoms with Crippen LogP contribution >= 0.6 is 11.3 Å². The van der Waals surface area contributed by atoms with Gasteiger partial charge in [-0.05, 0) is 18.7 Å². The van der Waals surface area contributed by atoms with E-state index in [-0.39, 0.29) is 0 Å². The van der Waals surface area contributed by atoms with Gasteiger partial charge in [-0.25, -0.2) is 0 Å². The third kappa shape index (κ3) is 2.42. The number of hydrogen-bond donors (Lipinski definition) is 0. The first-order valence-corrected chi connectivity index (χ1v) is 7.28. The fourth-order valence-electron chi connectivity index (χ4n) is 2.31. The molecule has 0 bridgehead atoms. The summed E-state index contributed by atoms with van der Waals surface area (Å²) in [4.78, 5) is 6.24. The van der Waals surface area contributed by atoms with Gasteiger partial charge in [0, 0.05) is 42.1 Å². The topological polar surface area (TPSA) is 6.48 Å². The highest BCUT2D eigenvalue weighted by molar-refractivity contribution is 7.14. The zero-order chi connectivity index (χ0) is 12.4. The van der Waals surface area contributed by atoms with Crippen LogP contribution in [0.4, 0.5) is 5.69 Å². The van der Waals surface area contributed by atoms with E-state index in [2.05, 4.69) is 58.6 Å². The Hall–Kier alpha value is -1.32. The second-order valence-corrected chi connectivity index (χ2v) is 5.74. The molecule has 1 aliphatic rings. The van der Waals surface area contributed by atoms with Crippen LogP contribution in [0.1, 0.15) is 0 Å². The van der Waals surface area contributed by atoms with Gasteiger partial charge in [-0.2, -0.15) is 0 Å². The lowest BCUT2D eigenvalue weighted by Gasteiger charge is -2.33. The van der Waals surface area contributed by atoms with Gasteiger partial charge in [-0.15, -0.1) is 11.3 Å². The summed E-state index contributed by atoms with van der Waals surface area (Å²) in [5, 5.41) is 2.29. The molecule has 0 atom stereocenters. The fraction of sp³-hybridized carbons (Fsp3) is 0.333. The normalized spacial score (nSPS) is 17.1. The largest absolute Gasteiger partial charge is 0.368 e. The molecule has 2 aromatic rings. The summed E-state index contributed by atoms with van der Waals surface area (Å²) in [5.74, 6) is 0. The Morgan fingerprint density at radius 3 is 2.44 bits per heavy atom. The highest BCUT2D eigenvalue weighted by Crippen LogP contribution is 2.31. The monoisotopic (exact) mass is 258 g/mol. The number of anilines is 1. The van der Waals surface area contributed by atoms with Crippen molar-refractivity contribution < 1.29 is 0 Å². The van der Waals surface area contributed by atoms with Gasteiger partial charge in [0.15, 0.2) is 0 Å². The molecule has 0 unspecified atom stereocenters. The summed E-state index contributed by atoms with van der Waals surface area (Å²) in [5.41, 5.74) is 2.70. The van der Waals surface area contributed by atoms with Crippen LogP contribution in [0.5, 0.6) is 0 Å². The van der Waals surface area contributed by atoms with Crippen LogP contribution in [0, 0.1) is 0 Å². The third-order valence-electron chi connectivity index (χ3n) is 3.51. The predicted molar refractivity (Wildman–Crippen MR) is 79.5 cm³/mol. The average molecular weight is 258 g/mol. The van der Waals surface area contributed by atoms with Crippen LogP contribution in [0.15, 0.2) is 41.8 Å². The molecule has 0 saturated carbocycles. The van der Waals surface area contributed by atoms with Gasteiger partial charge in [-0.1, -0.05) is 30.3 Å². The summed E-state index contributed by atoms with van der Waals surface area (Å²) in [6.45, 7) is 4.61. The van der Waals surface area contributed by atoms with Gasteiger partial charge < -0.3 is 9.80 Å². The van der Waals surface area contributed by atoms with E-state index in [1.165, 1.54) is 16.1 Å². The minimum Gasteiger partial charge on any atom is -0.368 e. The van der Waals surface area contributed by atoms with Gasteiger partial charge in [0.1, 0.15) is 0 Å². The lowest BCUT2D eigenvalue weighted by molar-refractivity contribution is 0.313. The predicted octanol–water partition coefficient (Wildman–Crippen LogP) is 3.17. The van der Waals surface area contributed by atoms with Crippen molar-refractivity contribution in [2.45, 2.75) is 0 Å². The van der Waals surface area contributed by atoms with E-state index in [0.717, 1.165) is 26.2 Å². The molecule has 3 rings (SSSR count). The summed E-state index contributed by atoms with van der Waals surface area (Å²) in [6, 6.07) is 13.0. The van der Waals surface area contributed by atoms with Crippen LogP contribution < -0.4 is 4.90 Å². The number of thiophene rings is 1. The molecule has 18 heavy (non-hydrogen) atoms. The number of benzene rings is 1.